The number of hydrogen-bond acceptors (Lipinski definition) is 2. The van der Waals surface area contributed by atoms with Gasteiger partial charge >= 0.3 is 6.03 Å². The molecule has 2 rings (SSSR count). The summed E-state index contributed by atoms with van der Waals surface area (Å²) >= 11 is 0. The lowest BCUT2D eigenvalue weighted by atomic mass is 10.0. The molecule has 0 aromatic heterocycles. The van der Waals surface area contributed by atoms with Crippen molar-refractivity contribution in [3.05, 3.63) is 29.8 Å². The van der Waals surface area contributed by atoms with Crippen molar-refractivity contribution >= 4 is 11.7 Å². The fourth-order valence-electron chi connectivity index (χ4n) is 2.34. The summed E-state index contributed by atoms with van der Waals surface area (Å²) in [6.07, 6.45) is -0.481. The zero-order valence-electron chi connectivity index (χ0n) is 11.8. The van der Waals surface area contributed by atoms with E-state index in [0.29, 0.717) is 11.8 Å². The monoisotopic (exact) mass is 262 g/mol. The van der Waals surface area contributed by atoms with Crippen LogP contribution in [0, 0.1) is 11.8 Å². The normalized spacial score (nSPS) is 24.3. The fraction of sp³-hybridized carbons (Fsp3) is 0.533. The van der Waals surface area contributed by atoms with E-state index in [1.54, 1.807) is 6.92 Å². The molecule has 2 N–H and O–H groups in total. The lowest BCUT2D eigenvalue weighted by Gasteiger charge is -2.17. The number of amides is 2. The molecule has 4 heteroatoms. The van der Waals surface area contributed by atoms with Crippen LogP contribution in [0.1, 0.15) is 32.4 Å². The molecule has 4 nitrogen and oxygen atoms in total. The van der Waals surface area contributed by atoms with Crippen LogP contribution in [0.4, 0.5) is 10.5 Å². The molecule has 0 bridgehead atoms. The van der Waals surface area contributed by atoms with Gasteiger partial charge in [0.25, 0.3) is 0 Å². The minimum atomic E-state index is -0.481. The van der Waals surface area contributed by atoms with E-state index >= 15 is 0 Å². The summed E-state index contributed by atoms with van der Waals surface area (Å²) in [6.45, 7) is 7.71. The predicted molar refractivity (Wildman–Crippen MR) is 76.0 cm³/mol. The minimum absolute atomic E-state index is 0.0407. The molecule has 1 aromatic carbocycles. The second-order valence-electron chi connectivity index (χ2n) is 5.59. The van der Waals surface area contributed by atoms with Crippen LogP contribution in [0.15, 0.2) is 24.3 Å². The number of carbonyl (C=O) groups is 1. The van der Waals surface area contributed by atoms with Gasteiger partial charge in [-0.3, -0.25) is 0 Å². The Morgan fingerprint density at radius 2 is 1.79 bits per heavy atom. The molecule has 0 saturated carbocycles. The van der Waals surface area contributed by atoms with Crippen LogP contribution in [-0.2, 0) is 0 Å². The lowest BCUT2D eigenvalue weighted by molar-refractivity contribution is 0.199. The zero-order chi connectivity index (χ0) is 14.0. The first-order valence-electron chi connectivity index (χ1n) is 6.81. The third kappa shape index (κ3) is 3.26. The number of benzene rings is 1. The maximum Gasteiger partial charge on any atom is 0.321 e. The van der Waals surface area contributed by atoms with Crippen molar-refractivity contribution in [1.82, 2.24) is 4.90 Å². The topological polar surface area (TPSA) is 52.6 Å². The first-order chi connectivity index (χ1) is 8.97. The Bertz CT molecular complexity index is 432. The largest absolute Gasteiger partial charge is 0.389 e. The van der Waals surface area contributed by atoms with E-state index in [9.17, 15) is 9.90 Å². The highest BCUT2D eigenvalue weighted by atomic mass is 16.3. The van der Waals surface area contributed by atoms with Gasteiger partial charge in [0.1, 0.15) is 0 Å². The van der Waals surface area contributed by atoms with Gasteiger partial charge in [-0.15, -0.1) is 0 Å². The van der Waals surface area contributed by atoms with E-state index in [1.807, 2.05) is 29.2 Å². The molecule has 2 amide bonds. The van der Waals surface area contributed by atoms with Crippen molar-refractivity contribution in [3.63, 3.8) is 0 Å². The van der Waals surface area contributed by atoms with Gasteiger partial charge in [0.05, 0.1) is 6.10 Å². The lowest BCUT2D eigenvalue weighted by Crippen LogP contribution is -2.33. The molecular weight excluding hydrogens is 240 g/mol. The summed E-state index contributed by atoms with van der Waals surface area (Å²) in [5.41, 5.74) is 1.61. The second kappa shape index (κ2) is 5.61. The molecule has 1 saturated heterocycles. The molecule has 0 spiro atoms. The molecule has 1 aliphatic rings. The smallest absolute Gasteiger partial charge is 0.321 e. The van der Waals surface area contributed by atoms with E-state index in [4.69, 9.17) is 0 Å². The highest BCUT2D eigenvalue weighted by Gasteiger charge is 2.29. The van der Waals surface area contributed by atoms with Crippen LogP contribution in [0.25, 0.3) is 0 Å². The number of anilines is 1. The van der Waals surface area contributed by atoms with Gasteiger partial charge in [-0.2, -0.15) is 0 Å². The molecular formula is C15H22N2O2. The Balaban J connectivity index is 1.96. The van der Waals surface area contributed by atoms with Crippen molar-refractivity contribution in [1.29, 1.82) is 0 Å². The summed E-state index contributed by atoms with van der Waals surface area (Å²) < 4.78 is 0. The maximum absolute atomic E-state index is 12.1. The SMILES string of the molecule is CC(O)c1ccc(NC(=O)N2CC(C)C(C)C2)cc1. The highest BCUT2D eigenvalue weighted by molar-refractivity contribution is 5.89. The van der Waals surface area contributed by atoms with E-state index in [1.165, 1.54) is 0 Å². The van der Waals surface area contributed by atoms with Gasteiger partial charge in [-0.1, -0.05) is 26.0 Å². The highest BCUT2D eigenvalue weighted by Crippen LogP contribution is 2.23. The van der Waals surface area contributed by atoms with Gasteiger partial charge in [-0.25, -0.2) is 4.79 Å². The van der Waals surface area contributed by atoms with Crippen molar-refractivity contribution in [2.75, 3.05) is 18.4 Å². The number of rotatable bonds is 2. The van der Waals surface area contributed by atoms with Crippen molar-refractivity contribution in [2.24, 2.45) is 11.8 Å². The van der Waals surface area contributed by atoms with Crippen LogP contribution in [0.2, 0.25) is 0 Å². The van der Waals surface area contributed by atoms with Crippen LogP contribution in [0.3, 0.4) is 0 Å². The Hall–Kier alpha value is -1.55. The van der Waals surface area contributed by atoms with Crippen LogP contribution < -0.4 is 5.32 Å². The fourth-order valence-corrected chi connectivity index (χ4v) is 2.34. The van der Waals surface area contributed by atoms with Gasteiger partial charge < -0.3 is 15.3 Å². The number of aliphatic hydroxyl groups is 1. The Labute approximate surface area is 114 Å². The third-order valence-corrected chi connectivity index (χ3v) is 3.92. The first-order valence-corrected chi connectivity index (χ1v) is 6.81. The first kappa shape index (κ1) is 13.9. The quantitative estimate of drug-likeness (QED) is 0.861. The number of nitrogens with zero attached hydrogens (tertiary/aromatic N) is 1. The minimum Gasteiger partial charge on any atom is -0.389 e. The zero-order valence-corrected chi connectivity index (χ0v) is 11.8. The summed E-state index contributed by atoms with van der Waals surface area (Å²) in [5.74, 6) is 1.12. The standard InChI is InChI=1S/C15H22N2O2/c1-10-8-17(9-11(10)2)15(19)16-14-6-4-13(5-7-14)12(3)18/h4-7,10-12,18H,8-9H2,1-3H3,(H,16,19). The summed E-state index contributed by atoms with van der Waals surface area (Å²) in [6, 6.07) is 7.26. The summed E-state index contributed by atoms with van der Waals surface area (Å²) in [7, 11) is 0. The number of aliphatic hydroxyl groups excluding tert-OH is 1. The van der Waals surface area contributed by atoms with Gasteiger partial charge in [-0.05, 0) is 36.5 Å². The molecule has 0 radical (unpaired) electrons. The average molecular weight is 262 g/mol. The summed E-state index contributed by atoms with van der Waals surface area (Å²) in [5, 5.41) is 12.3. The Kier molecular flexibility index (Phi) is 4.10. The molecule has 1 fully saturated rings. The van der Waals surface area contributed by atoms with Crippen molar-refractivity contribution < 1.29 is 9.90 Å². The van der Waals surface area contributed by atoms with E-state index in [0.717, 1.165) is 24.3 Å². The predicted octanol–water partition coefficient (Wildman–Crippen LogP) is 2.86. The number of hydrogen-bond donors (Lipinski definition) is 2. The second-order valence-corrected chi connectivity index (χ2v) is 5.59. The van der Waals surface area contributed by atoms with Crippen molar-refractivity contribution in [2.45, 2.75) is 26.9 Å². The molecule has 1 heterocycles. The van der Waals surface area contributed by atoms with Gasteiger partial charge in [0.2, 0.25) is 0 Å². The van der Waals surface area contributed by atoms with E-state index < -0.39 is 6.10 Å². The van der Waals surface area contributed by atoms with E-state index in [-0.39, 0.29) is 6.03 Å². The molecule has 1 aromatic rings. The molecule has 3 atom stereocenters. The molecule has 104 valence electrons. The number of carbonyl (C=O) groups excluding carboxylic acids is 1. The van der Waals surface area contributed by atoms with Crippen LogP contribution in [-0.4, -0.2) is 29.1 Å². The molecule has 1 aliphatic heterocycles. The van der Waals surface area contributed by atoms with Crippen molar-refractivity contribution in [3.8, 4) is 0 Å². The summed E-state index contributed by atoms with van der Waals surface area (Å²) in [4.78, 5) is 13.9. The van der Waals surface area contributed by atoms with E-state index in [2.05, 4.69) is 19.2 Å². The van der Waals surface area contributed by atoms with Crippen LogP contribution >= 0.6 is 0 Å². The Morgan fingerprint density at radius 3 is 2.26 bits per heavy atom. The average Bonchev–Trinajstić information content (AvgIpc) is 2.70. The Morgan fingerprint density at radius 1 is 1.26 bits per heavy atom. The number of urea groups is 1. The van der Waals surface area contributed by atoms with Crippen LogP contribution in [0.5, 0.6) is 0 Å². The number of likely N-dealkylation sites (tertiary alicyclic amines) is 1. The van der Waals surface area contributed by atoms with Gasteiger partial charge in [0.15, 0.2) is 0 Å². The van der Waals surface area contributed by atoms with Gasteiger partial charge in [0, 0.05) is 18.8 Å². The maximum atomic E-state index is 12.1. The number of nitrogens with one attached hydrogen (secondary N) is 1. The molecule has 3 unspecified atom stereocenters. The molecule has 19 heavy (non-hydrogen) atoms. The third-order valence-electron chi connectivity index (χ3n) is 3.92. The molecule has 0 aliphatic carbocycles.